The predicted octanol–water partition coefficient (Wildman–Crippen LogP) is 2.84. The number of aliphatic hydroxyl groups excluding tert-OH is 1. The monoisotopic (exact) mass is 220 g/mol. The minimum absolute atomic E-state index is 0.199. The third kappa shape index (κ3) is 2.92. The molecule has 0 radical (unpaired) electrons. The van der Waals surface area contributed by atoms with Crippen molar-refractivity contribution in [2.24, 2.45) is 5.41 Å². The van der Waals surface area contributed by atoms with E-state index in [0.717, 1.165) is 6.42 Å². The number of rotatable bonds is 3. The van der Waals surface area contributed by atoms with Gasteiger partial charge in [0.05, 0.1) is 0 Å². The second-order valence-corrected chi connectivity index (χ2v) is 5.18. The molecule has 2 heteroatoms. The Morgan fingerprint density at radius 2 is 1.75 bits per heavy atom. The third-order valence-corrected chi connectivity index (χ3v) is 2.72. The molecule has 1 rings (SSSR count). The number of benzene rings is 1. The molecule has 1 unspecified atom stereocenters. The average molecular weight is 220 g/mol. The SMILES string of the molecule is CCc1ccc(C(=O)C(O)C(C)(C)C)cc1. The Bertz CT molecular complexity index is 357. The molecule has 0 spiro atoms. The van der Waals surface area contributed by atoms with Crippen LogP contribution >= 0.6 is 0 Å². The van der Waals surface area contributed by atoms with Crippen LogP contribution in [0.1, 0.15) is 43.6 Å². The summed E-state index contributed by atoms with van der Waals surface area (Å²) < 4.78 is 0. The molecule has 0 aliphatic rings. The Hall–Kier alpha value is -1.15. The van der Waals surface area contributed by atoms with Gasteiger partial charge < -0.3 is 5.11 Å². The highest BCUT2D eigenvalue weighted by Crippen LogP contribution is 2.22. The van der Waals surface area contributed by atoms with Crippen LogP contribution in [0.4, 0.5) is 0 Å². The van der Waals surface area contributed by atoms with E-state index in [4.69, 9.17) is 0 Å². The van der Waals surface area contributed by atoms with Crippen LogP contribution in [0.2, 0.25) is 0 Å². The number of carbonyl (C=O) groups is 1. The lowest BCUT2D eigenvalue weighted by atomic mass is 9.84. The van der Waals surface area contributed by atoms with E-state index in [-0.39, 0.29) is 5.78 Å². The lowest BCUT2D eigenvalue weighted by Gasteiger charge is -2.24. The Morgan fingerprint density at radius 3 is 2.12 bits per heavy atom. The minimum atomic E-state index is -0.944. The van der Waals surface area contributed by atoms with Gasteiger partial charge in [0.15, 0.2) is 5.78 Å². The molecule has 1 aromatic rings. The highest BCUT2D eigenvalue weighted by molar-refractivity contribution is 5.99. The summed E-state index contributed by atoms with van der Waals surface area (Å²) in [6.07, 6.45) is 0.0102. The van der Waals surface area contributed by atoms with Crippen LogP contribution in [0, 0.1) is 5.41 Å². The van der Waals surface area contributed by atoms with Crippen LogP contribution in [0.3, 0.4) is 0 Å². The van der Waals surface area contributed by atoms with E-state index in [0.29, 0.717) is 5.56 Å². The van der Waals surface area contributed by atoms with E-state index in [1.54, 1.807) is 12.1 Å². The molecular weight excluding hydrogens is 200 g/mol. The molecule has 1 N–H and O–H groups in total. The molecule has 0 fully saturated rings. The molecule has 0 amide bonds. The highest BCUT2D eigenvalue weighted by Gasteiger charge is 2.29. The van der Waals surface area contributed by atoms with Crippen LogP contribution in [-0.4, -0.2) is 17.0 Å². The molecule has 0 saturated heterocycles. The Morgan fingerprint density at radius 1 is 1.25 bits per heavy atom. The summed E-state index contributed by atoms with van der Waals surface area (Å²) in [5, 5.41) is 9.88. The van der Waals surface area contributed by atoms with Crippen molar-refractivity contribution in [1.82, 2.24) is 0 Å². The molecular formula is C14H20O2. The molecule has 0 bridgehead atoms. The van der Waals surface area contributed by atoms with E-state index in [1.165, 1.54) is 5.56 Å². The lowest BCUT2D eigenvalue weighted by Crippen LogP contribution is -2.34. The molecule has 1 atom stereocenters. The zero-order valence-electron chi connectivity index (χ0n) is 10.4. The first-order valence-electron chi connectivity index (χ1n) is 5.67. The van der Waals surface area contributed by atoms with E-state index < -0.39 is 11.5 Å². The molecule has 0 aromatic heterocycles. The molecule has 88 valence electrons. The van der Waals surface area contributed by atoms with Gasteiger partial charge >= 0.3 is 0 Å². The largest absolute Gasteiger partial charge is 0.384 e. The maximum Gasteiger partial charge on any atom is 0.191 e. The summed E-state index contributed by atoms with van der Waals surface area (Å²) >= 11 is 0. The maximum atomic E-state index is 11.9. The van der Waals surface area contributed by atoms with Crippen LogP contribution in [0.25, 0.3) is 0 Å². The van der Waals surface area contributed by atoms with Crippen molar-refractivity contribution in [2.75, 3.05) is 0 Å². The summed E-state index contributed by atoms with van der Waals surface area (Å²) in [7, 11) is 0. The predicted molar refractivity (Wildman–Crippen MR) is 65.6 cm³/mol. The van der Waals surface area contributed by atoms with E-state index in [2.05, 4.69) is 6.92 Å². The first-order chi connectivity index (χ1) is 7.36. The molecule has 0 heterocycles. The van der Waals surface area contributed by atoms with Gasteiger partial charge in [-0.1, -0.05) is 52.0 Å². The topological polar surface area (TPSA) is 37.3 Å². The Balaban J connectivity index is 2.88. The second kappa shape index (κ2) is 4.79. The molecule has 1 aromatic carbocycles. The van der Waals surface area contributed by atoms with Gasteiger partial charge in [0, 0.05) is 5.56 Å². The van der Waals surface area contributed by atoms with Gasteiger partial charge in [0.25, 0.3) is 0 Å². The van der Waals surface area contributed by atoms with Gasteiger partial charge in [0.2, 0.25) is 0 Å². The summed E-state index contributed by atoms with van der Waals surface area (Å²) in [5.41, 5.74) is 1.36. The third-order valence-electron chi connectivity index (χ3n) is 2.72. The first kappa shape index (κ1) is 12.9. The Kier molecular flexibility index (Phi) is 3.87. The van der Waals surface area contributed by atoms with E-state index >= 15 is 0 Å². The van der Waals surface area contributed by atoms with Crippen molar-refractivity contribution in [3.63, 3.8) is 0 Å². The van der Waals surface area contributed by atoms with Crippen molar-refractivity contribution in [2.45, 2.75) is 40.2 Å². The summed E-state index contributed by atoms with van der Waals surface area (Å²) in [4.78, 5) is 11.9. The van der Waals surface area contributed by atoms with Crippen LogP contribution < -0.4 is 0 Å². The van der Waals surface area contributed by atoms with Gasteiger partial charge in [0.1, 0.15) is 6.10 Å². The summed E-state index contributed by atoms with van der Waals surface area (Å²) in [6, 6.07) is 7.44. The number of hydrogen-bond acceptors (Lipinski definition) is 2. The van der Waals surface area contributed by atoms with Gasteiger partial charge in [-0.15, -0.1) is 0 Å². The van der Waals surface area contributed by atoms with Crippen molar-refractivity contribution in [3.05, 3.63) is 35.4 Å². The quantitative estimate of drug-likeness (QED) is 0.795. The molecule has 0 aliphatic heterocycles. The fraction of sp³-hybridized carbons (Fsp3) is 0.500. The molecule has 2 nitrogen and oxygen atoms in total. The van der Waals surface area contributed by atoms with Gasteiger partial charge in [-0.25, -0.2) is 0 Å². The van der Waals surface area contributed by atoms with Crippen LogP contribution in [0.5, 0.6) is 0 Å². The lowest BCUT2D eigenvalue weighted by molar-refractivity contribution is 0.0442. The summed E-state index contributed by atoms with van der Waals surface area (Å²) in [5.74, 6) is -0.199. The number of aliphatic hydroxyl groups is 1. The van der Waals surface area contributed by atoms with Crippen molar-refractivity contribution in [1.29, 1.82) is 0 Å². The molecule has 0 saturated carbocycles. The number of aryl methyl sites for hydroxylation is 1. The number of Topliss-reactive ketones (excluding diaryl/α,β-unsaturated/α-hetero) is 1. The fourth-order valence-electron chi connectivity index (χ4n) is 1.46. The Labute approximate surface area is 97.3 Å². The zero-order chi connectivity index (χ0) is 12.3. The molecule has 16 heavy (non-hydrogen) atoms. The van der Waals surface area contributed by atoms with Crippen molar-refractivity contribution in [3.8, 4) is 0 Å². The number of ketones is 1. The normalized spacial score (nSPS) is 13.6. The standard InChI is InChI=1S/C14H20O2/c1-5-10-6-8-11(9-7-10)12(15)13(16)14(2,3)4/h6-9,13,16H,5H2,1-4H3. The fourth-order valence-corrected chi connectivity index (χ4v) is 1.46. The van der Waals surface area contributed by atoms with Gasteiger partial charge in [-0.05, 0) is 17.4 Å². The zero-order valence-corrected chi connectivity index (χ0v) is 10.4. The van der Waals surface area contributed by atoms with Gasteiger partial charge in [-0.3, -0.25) is 4.79 Å². The first-order valence-corrected chi connectivity index (χ1v) is 5.67. The van der Waals surface area contributed by atoms with Crippen LogP contribution in [-0.2, 0) is 6.42 Å². The number of carbonyl (C=O) groups excluding carboxylic acids is 1. The van der Waals surface area contributed by atoms with Crippen LogP contribution in [0.15, 0.2) is 24.3 Å². The number of hydrogen-bond donors (Lipinski definition) is 1. The average Bonchev–Trinajstić information content (AvgIpc) is 2.26. The highest BCUT2D eigenvalue weighted by atomic mass is 16.3. The summed E-state index contributed by atoms with van der Waals surface area (Å²) in [6.45, 7) is 7.64. The van der Waals surface area contributed by atoms with E-state index in [9.17, 15) is 9.90 Å². The smallest absolute Gasteiger partial charge is 0.191 e. The van der Waals surface area contributed by atoms with Crippen molar-refractivity contribution >= 4 is 5.78 Å². The molecule has 0 aliphatic carbocycles. The van der Waals surface area contributed by atoms with Crippen molar-refractivity contribution < 1.29 is 9.90 Å². The maximum absolute atomic E-state index is 11.9. The van der Waals surface area contributed by atoms with E-state index in [1.807, 2.05) is 32.9 Å². The second-order valence-electron chi connectivity index (χ2n) is 5.18. The minimum Gasteiger partial charge on any atom is -0.384 e. The van der Waals surface area contributed by atoms with Gasteiger partial charge in [-0.2, -0.15) is 0 Å².